The van der Waals surface area contributed by atoms with Gasteiger partial charge in [0.2, 0.25) is 0 Å². The molecule has 0 spiro atoms. The summed E-state index contributed by atoms with van der Waals surface area (Å²) in [5.74, 6) is -0.289. The normalized spacial score (nSPS) is 10.5. The van der Waals surface area contributed by atoms with E-state index in [-0.39, 0.29) is 24.0 Å². The molecular formula is C27H39ClFNO. The van der Waals surface area contributed by atoms with E-state index in [0.29, 0.717) is 18.5 Å². The number of nitrogens with one attached hydrogen (secondary N) is 1. The van der Waals surface area contributed by atoms with Gasteiger partial charge in [-0.2, -0.15) is 0 Å². The highest BCUT2D eigenvalue weighted by Crippen LogP contribution is 2.15. The molecule has 2 rings (SSSR count). The lowest BCUT2D eigenvalue weighted by atomic mass is 10.0. The number of Topliss-reactive ketones (excluding diaryl/α,β-unsaturated/α-hetero) is 1. The van der Waals surface area contributed by atoms with Gasteiger partial charge in [-0.25, -0.2) is 4.39 Å². The van der Waals surface area contributed by atoms with Gasteiger partial charge < -0.3 is 5.32 Å². The van der Waals surface area contributed by atoms with Crippen molar-refractivity contribution in [3.63, 3.8) is 0 Å². The number of carbonyl (C=O) groups excluding carboxylic acids is 1. The van der Waals surface area contributed by atoms with Crippen LogP contribution in [0.2, 0.25) is 0 Å². The standard InChI is InChI=1S/C27H38FNO.ClH/c1-2-3-4-5-6-7-8-9-10-11-12-23-13-19-26(20-14-23)29-22-21-27(30)24-15-17-25(28)18-16-24;/h13-20,29H,2-12,21-22H2,1H3;1H. The van der Waals surface area contributed by atoms with Crippen LogP contribution < -0.4 is 5.32 Å². The largest absolute Gasteiger partial charge is 0.385 e. The first-order valence-corrected chi connectivity index (χ1v) is 11.8. The molecule has 2 aromatic carbocycles. The van der Waals surface area contributed by atoms with Gasteiger partial charge in [0.1, 0.15) is 5.82 Å². The third-order valence-electron chi connectivity index (χ3n) is 5.62. The lowest BCUT2D eigenvalue weighted by Crippen LogP contribution is -2.09. The van der Waals surface area contributed by atoms with Crippen LogP contribution >= 0.6 is 12.4 Å². The van der Waals surface area contributed by atoms with E-state index < -0.39 is 0 Å². The first kappa shape index (κ1) is 27.2. The van der Waals surface area contributed by atoms with Gasteiger partial charge in [0.15, 0.2) is 5.78 Å². The topological polar surface area (TPSA) is 29.1 Å². The Balaban J connectivity index is 0.00000480. The second-order valence-electron chi connectivity index (χ2n) is 8.24. The Morgan fingerprint density at radius 1 is 0.774 bits per heavy atom. The van der Waals surface area contributed by atoms with Crippen LogP contribution in [0.25, 0.3) is 0 Å². The van der Waals surface area contributed by atoms with Gasteiger partial charge in [0.05, 0.1) is 0 Å². The molecule has 1 N–H and O–H groups in total. The molecule has 0 aliphatic heterocycles. The second-order valence-corrected chi connectivity index (χ2v) is 8.24. The monoisotopic (exact) mass is 447 g/mol. The Kier molecular flexibility index (Phi) is 14.7. The Bertz CT molecular complexity index is 715. The van der Waals surface area contributed by atoms with Crippen LogP contribution in [0.5, 0.6) is 0 Å². The Morgan fingerprint density at radius 2 is 1.32 bits per heavy atom. The van der Waals surface area contributed by atoms with Crippen molar-refractivity contribution in [2.75, 3.05) is 11.9 Å². The molecule has 0 unspecified atom stereocenters. The number of halogens is 2. The number of benzene rings is 2. The average molecular weight is 448 g/mol. The van der Waals surface area contributed by atoms with Gasteiger partial charge >= 0.3 is 0 Å². The third-order valence-corrected chi connectivity index (χ3v) is 5.62. The maximum absolute atomic E-state index is 12.9. The molecule has 0 atom stereocenters. The van der Waals surface area contributed by atoms with Gasteiger partial charge in [-0.3, -0.25) is 4.79 Å². The predicted molar refractivity (Wildman–Crippen MR) is 133 cm³/mol. The molecule has 0 bridgehead atoms. The molecule has 0 amide bonds. The van der Waals surface area contributed by atoms with Crippen molar-refractivity contribution < 1.29 is 9.18 Å². The zero-order valence-corrected chi connectivity index (χ0v) is 19.8. The average Bonchev–Trinajstić information content (AvgIpc) is 2.76. The van der Waals surface area contributed by atoms with E-state index in [2.05, 4.69) is 36.5 Å². The van der Waals surface area contributed by atoms with Crippen molar-refractivity contribution in [3.05, 3.63) is 65.5 Å². The van der Waals surface area contributed by atoms with Crippen molar-refractivity contribution in [1.29, 1.82) is 0 Å². The summed E-state index contributed by atoms with van der Waals surface area (Å²) in [6.07, 6.45) is 15.2. The number of hydrogen-bond acceptors (Lipinski definition) is 2. The molecule has 0 saturated carbocycles. The van der Waals surface area contributed by atoms with Crippen LogP contribution in [0.3, 0.4) is 0 Å². The lowest BCUT2D eigenvalue weighted by Gasteiger charge is -2.08. The first-order chi connectivity index (χ1) is 14.7. The summed E-state index contributed by atoms with van der Waals surface area (Å²) < 4.78 is 12.9. The van der Waals surface area contributed by atoms with Crippen molar-refractivity contribution in [2.24, 2.45) is 0 Å². The van der Waals surface area contributed by atoms with Gasteiger partial charge in [-0.15, -0.1) is 12.4 Å². The van der Waals surface area contributed by atoms with Gasteiger partial charge in [0.25, 0.3) is 0 Å². The molecule has 0 radical (unpaired) electrons. The van der Waals surface area contributed by atoms with Crippen LogP contribution in [0.15, 0.2) is 48.5 Å². The molecule has 172 valence electrons. The molecule has 31 heavy (non-hydrogen) atoms. The maximum atomic E-state index is 12.9. The highest BCUT2D eigenvalue weighted by atomic mass is 35.5. The number of anilines is 1. The third kappa shape index (κ3) is 11.9. The predicted octanol–water partition coefficient (Wildman–Crippen LogP) is 8.40. The van der Waals surface area contributed by atoms with Gasteiger partial charge in [0, 0.05) is 24.2 Å². The van der Waals surface area contributed by atoms with Crippen molar-refractivity contribution >= 4 is 23.9 Å². The first-order valence-electron chi connectivity index (χ1n) is 11.8. The van der Waals surface area contributed by atoms with Crippen LogP contribution in [-0.2, 0) is 6.42 Å². The molecule has 0 heterocycles. The quantitative estimate of drug-likeness (QED) is 0.207. The minimum atomic E-state index is -0.317. The summed E-state index contributed by atoms with van der Waals surface area (Å²) in [6, 6.07) is 14.3. The summed E-state index contributed by atoms with van der Waals surface area (Å²) in [6.45, 7) is 2.85. The molecular weight excluding hydrogens is 409 g/mol. The molecule has 0 aliphatic rings. The minimum absolute atomic E-state index is 0. The Hall–Kier alpha value is -1.87. The number of hydrogen-bond donors (Lipinski definition) is 1. The minimum Gasteiger partial charge on any atom is -0.385 e. The summed E-state index contributed by atoms with van der Waals surface area (Å²) in [5, 5.41) is 3.30. The number of carbonyl (C=O) groups is 1. The lowest BCUT2D eigenvalue weighted by molar-refractivity contribution is 0.0986. The van der Waals surface area contributed by atoms with Gasteiger partial charge in [-0.1, -0.05) is 76.8 Å². The van der Waals surface area contributed by atoms with Crippen molar-refractivity contribution in [3.8, 4) is 0 Å². The Labute approximate surface area is 194 Å². The van der Waals surface area contributed by atoms with E-state index in [1.54, 1.807) is 12.1 Å². The molecule has 2 nitrogen and oxygen atoms in total. The molecule has 4 heteroatoms. The van der Waals surface area contributed by atoms with Gasteiger partial charge in [-0.05, 0) is 54.8 Å². The second kappa shape index (κ2) is 16.8. The summed E-state index contributed by atoms with van der Waals surface area (Å²) in [4.78, 5) is 12.1. The smallest absolute Gasteiger partial charge is 0.164 e. The fraction of sp³-hybridized carbons (Fsp3) is 0.519. The SMILES string of the molecule is CCCCCCCCCCCCc1ccc(NCCC(=O)c2ccc(F)cc2)cc1.Cl. The number of unbranched alkanes of at least 4 members (excludes halogenated alkanes) is 9. The maximum Gasteiger partial charge on any atom is 0.164 e. The van der Waals surface area contributed by atoms with Crippen molar-refractivity contribution in [2.45, 2.75) is 84.0 Å². The van der Waals surface area contributed by atoms with Crippen molar-refractivity contribution in [1.82, 2.24) is 0 Å². The van der Waals surface area contributed by atoms with E-state index in [4.69, 9.17) is 0 Å². The molecule has 0 saturated heterocycles. The highest BCUT2D eigenvalue weighted by Gasteiger charge is 2.05. The number of rotatable bonds is 16. The van der Waals surface area contributed by atoms with Crippen LogP contribution in [0.4, 0.5) is 10.1 Å². The Morgan fingerprint density at radius 3 is 1.90 bits per heavy atom. The molecule has 0 fully saturated rings. The van der Waals surface area contributed by atoms with Crippen LogP contribution in [-0.4, -0.2) is 12.3 Å². The fourth-order valence-corrected chi connectivity index (χ4v) is 3.71. The highest BCUT2D eigenvalue weighted by molar-refractivity contribution is 5.96. The van der Waals surface area contributed by atoms with E-state index >= 15 is 0 Å². The summed E-state index contributed by atoms with van der Waals surface area (Å²) in [5.41, 5.74) is 2.97. The number of ketones is 1. The van der Waals surface area contributed by atoms with Crippen LogP contribution in [0.1, 0.15) is 93.5 Å². The van der Waals surface area contributed by atoms with E-state index in [1.165, 1.54) is 81.9 Å². The zero-order chi connectivity index (χ0) is 21.4. The molecule has 2 aromatic rings. The fourth-order valence-electron chi connectivity index (χ4n) is 3.71. The molecule has 0 aliphatic carbocycles. The van der Waals surface area contributed by atoms with E-state index in [0.717, 1.165) is 12.1 Å². The zero-order valence-electron chi connectivity index (χ0n) is 19.0. The van der Waals surface area contributed by atoms with E-state index in [9.17, 15) is 9.18 Å². The number of aryl methyl sites for hydroxylation is 1. The van der Waals surface area contributed by atoms with Crippen LogP contribution in [0, 0.1) is 5.82 Å². The summed E-state index contributed by atoms with van der Waals surface area (Å²) in [7, 11) is 0. The molecule has 0 aromatic heterocycles. The van der Waals surface area contributed by atoms with E-state index in [1.807, 2.05) is 0 Å². The summed E-state index contributed by atoms with van der Waals surface area (Å²) >= 11 is 0.